The molecule has 8 heteroatoms. The molecule has 0 fully saturated rings. The summed E-state index contributed by atoms with van der Waals surface area (Å²) >= 11 is 5.63. The van der Waals surface area contributed by atoms with E-state index in [9.17, 15) is 8.42 Å². The summed E-state index contributed by atoms with van der Waals surface area (Å²) < 4.78 is 33.3. The molecule has 1 aromatic rings. The summed E-state index contributed by atoms with van der Waals surface area (Å²) in [6.45, 7) is 2.02. The molecule has 1 heterocycles. The third-order valence-electron chi connectivity index (χ3n) is 2.51. The van der Waals surface area contributed by atoms with E-state index in [2.05, 4.69) is 9.71 Å². The summed E-state index contributed by atoms with van der Waals surface area (Å²) in [5, 5.41) is 0.0122. The van der Waals surface area contributed by atoms with Gasteiger partial charge in [0.2, 0.25) is 0 Å². The van der Waals surface area contributed by atoms with E-state index in [0.29, 0.717) is 18.1 Å². The van der Waals surface area contributed by atoms with E-state index < -0.39 is 10.0 Å². The Morgan fingerprint density at radius 3 is 2.72 bits per heavy atom. The molecule has 0 aliphatic rings. The molecule has 1 aromatic heterocycles. The highest BCUT2D eigenvalue weighted by Crippen LogP contribution is 2.09. The lowest BCUT2D eigenvalue weighted by Gasteiger charge is -2.15. The number of halogens is 1. The quantitative estimate of drug-likeness (QED) is 0.750. The van der Waals surface area contributed by atoms with Crippen molar-refractivity contribution in [2.45, 2.75) is 24.4 Å². The van der Waals surface area contributed by atoms with Crippen LogP contribution in [0.4, 0.5) is 0 Å². The van der Waals surface area contributed by atoms with Crippen LogP contribution >= 0.6 is 11.6 Å². The van der Waals surface area contributed by atoms with Crippen LogP contribution in [0.1, 0.15) is 12.2 Å². The number of hydrogen-bond donors (Lipinski definition) is 1. The first kappa shape index (κ1) is 15.4. The number of methoxy groups -OCH3 is 1. The van der Waals surface area contributed by atoms with Crippen molar-refractivity contribution in [2.24, 2.45) is 7.05 Å². The summed E-state index contributed by atoms with van der Waals surface area (Å²) in [5.74, 6) is 0.994. The van der Waals surface area contributed by atoms with E-state index in [-0.39, 0.29) is 17.7 Å². The monoisotopic (exact) mass is 295 g/mol. The van der Waals surface area contributed by atoms with Crippen LogP contribution in [0.2, 0.25) is 0 Å². The average Bonchev–Trinajstić information content (AvgIpc) is 2.60. The number of hydrogen-bond acceptors (Lipinski definition) is 4. The van der Waals surface area contributed by atoms with Gasteiger partial charge < -0.3 is 9.30 Å². The Kier molecular flexibility index (Phi) is 5.58. The average molecular weight is 296 g/mol. The van der Waals surface area contributed by atoms with Crippen molar-refractivity contribution in [3.63, 3.8) is 0 Å². The zero-order valence-corrected chi connectivity index (χ0v) is 12.3. The molecule has 0 aliphatic heterocycles. The Morgan fingerprint density at radius 1 is 1.61 bits per heavy atom. The number of aromatic nitrogens is 2. The van der Waals surface area contributed by atoms with Gasteiger partial charge in [0, 0.05) is 32.3 Å². The SMILES string of the molecule is COCC(CCCl)NS(=O)(=O)c1cn(C)c(C)n1. The van der Waals surface area contributed by atoms with Crippen LogP contribution in [0.25, 0.3) is 0 Å². The van der Waals surface area contributed by atoms with Gasteiger partial charge in [-0.15, -0.1) is 11.6 Å². The molecule has 1 atom stereocenters. The minimum Gasteiger partial charge on any atom is -0.383 e. The second kappa shape index (κ2) is 6.51. The van der Waals surface area contributed by atoms with E-state index in [4.69, 9.17) is 16.3 Å². The lowest BCUT2D eigenvalue weighted by molar-refractivity contribution is 0.173. The van der Waals surface area contributed by atoms with Crippen LogP contribution in [0, 0.1) is 6.92 Å². The molecule has 0 saturated heterocycles. The zero-order chi connectivity index (χ0) is 13.8. The molecule has 0 amide bonds. The number of ether oxygens (including phenoxy) is 1. The summed E-state index contributed by atoms with van der Waals surface area (Å²) in [4.78, 5) is 3.99. The van der Waals surface area contributed by atoms with Gasteiger partial charge in [-0.3, -0.25) is 0 Å². The van der Waals surface area contributed by atoms with E-state index in [0.717, 1.165) is 0 Å². The van der Waals surface area contributed by atoms with E-state index >= 15 is 0 Å². The Morgan fingerprint density at radius 2 is 2.28 bits per heavy atom. The number of alkyl halides is 1. The summed E-state index contributed by atoms with van der Waals surface area (Å²) in [6, 6.07) is -0.347. The third kappa shape index (κ3) is 3.94. The van der Waals surface area contributed by atoms with Gasteiger partial charge >= 0.3 is 0 Å². The molecular formula is C10H18ClN3O3S. The summed E-state index contributed by atoms with van der Waals surface area (Å²) in [6.07, 6.45) is 1.97. The Labute approximate surface area is 112 Å². The molecule has 0 radical (unpaired) electrons. The van der Waals surface area contributed by atoms with E-state index in [1.807, 2.05) is 0 Å². The fraction of sp³-hybridized carbons (Fsp3) is 0.700. The van der Waals surface area contributed by atoms with Crippen LogP contribution in [0.15, 0.2) is 11.2 Å². The second-order valence-electron chi connectivity index (χ2n) is 3.99. The Balaban J connectivity index is 2.85. The smallest absolute Gasteiger partial charge is 0.259 e. The van der Waals surface area contributed by atoms with Gasteiger partial charge in [-0.25, -0.2) is 18.1 Å². The number of nitrogens with zero attached hydrogens (tertiary/aromatic N) is 2. The van der Waals surface area contributed by atoms with Crippen molar-refractivity contribution in [3.05, 3.63) is 12.0 Å². The van der Waals surface area contributed by atoms with Gasteiger partial charge in [0.1, 0.15) is 5.82 Å². The highest BCUT2D eigenvalue weighted by molar-refractivity contribution is 7.89. The minimum atomic E-state index is -3.63. The highest BCUT2D eigenvalue weighted by Gasteiger charge is 2.22. The molecule has 1 rings (SSSR count). The van der Waals surface area contributed by atoms with Gasteiger partial charge in [-0.1, -0.05) is 0 Å². The number of nitrogens with one attached hydrogen (secondary N) is 1. The predicted octanol–water partition coefficient (Wildman–Crippen LogP) is 0.651. The Hall–Kier alpha value is -0.630. The van der Waals surface area contributed by atoms with Crippen LogP contribution in [-0.2, 0) is 21.8 Å². The Bertz CT molecular complexity index is 461. The van der Waals surface area contributed by atoms with Crippen molar-refractivity contribution >= 4 is 21.6 Å². The van der Waals surface area contributed by atoms with Gasteiger partial charge in [0.15, 0.2) is 5.03 Å². The van der Waals surface area contributed by atoms with Crippen LogP contribution < -0.4 is 4.72 Å². The molecule has 6 nitrogen and oxygen atoms in total. The molecule has 0 saturated carbocycles. The van der Waals surface area contributed by atoms with E-state index in [1.54, 1.807) is 18.5 Å². The number of sulfonamides is 1. The van der Waals surface area contributed by atoms with Gasteiger partial charge in [0.05, 0.1) is 6.61 Å². The fourth-order valence-electron chi connectivity index (χ4n) is 1.44. The first-order valence-corrected chi connectivity index (χ1v) is 7.49. The highest BCUT2D eigenvalue weighted by atomic mass is 35.5. The van der Waals surface area contributed by atoms with Crippen molar-refractivity contribution in [1.82, 2.24) is 14.3 Å². The number of rotatable bonds is 7. The van der Waals surface area contributed by atoms with Crippen LogP contribution in [-0.4, -0.2) is 43.6 Å². The normalized spacial score (nSPS) is 13.8. The molecule has 0 aromatic carbocycles. The van der Waals surface area contributed by atoms with Gasteiger partial charge in [-0.2, -0.15) is 0 Å². The maximum Gasteiger partial charge on any atom is 0.259 e. The topological polar surface area (TPSA) is 73.2 Å². The standard InChI is InChI=1S/C10H18ClN3O3S/c1-8-12-10(6-14(8)2)18(15,16)13-9(4-5-11)7-17-3/h6,9,13H,4-5,7H2,1-3H3. The van der Waals surface area contributed by atoms with Crippen molar-refractivity contribution in [3.8, 4) is 0 Å². The summed E-state index contributed by atoms with van der Waals surface area (Å²) in [5.41, 5.74) is 0. The molecule has 104 valence electrons. The maximum absolute atomic E-state index is 12.1. The minimum absolute atomic E-state index is 0.0122. The third-order valence-corrected chi connectivity index (χ3v) is 4.12. The van der Waals surface area contributed by atoms with Gasteiger partial charge in [0.25, 0.3) is 10.0 Å². The largest absolute Gasteiger partial charge is 0.383 e. The maximum atomic E-state index is 12.1. The number of imidazole rings is 1. The van der Waals surface area contributed by atoms with E-state index in [1.165, 1.54) is 13.3 Å². The molecule has 0 spiro atoms. The molecule has 1 unspecified atom stereocenters. The van der Waals surface area contributed by atoms with Crippen LogP contribution in [0.3, 0.4) is 0 Å². The van der Waals surface area contributed by atoms with Crippen LogP contribution in [0.5, 0.6) is 0 Å². The van der Waals surface area contributed by atoms with Crippen molar-refractivity contribution < 1.29 is 13.2 Å². The first-order chi connectivity index (χ1) is 8.40. The molecule has 0 bridgehead atoms. The molecule has 0 aliphatic carbocycles. The first-order valence-electron chi connectivity index (χ1n) is 5.48. The fourth-order valence-corrected chi connectivity index (χ4v) is 3.00. The molecule has 1 N–H and O–H groups in total. The van der Waals surface area contributed by atoms with Gasteiger partial charge in [-0.05, 0) is 13.3 Å². The number of aryl methyl sites for hydroxylation is 2. The lowest BCUT2D eigenvalue weighted by atomic mass is 10.3. The second-order valence-corrected chi connectivity index (χ2v) is 6.03. The lowest BCUT2D eigenvalue weighted by Crippen LogP contribution is -2.38. The van der Waals surface area contributed by atoms with Crippen molar-refractivity contribution in [1.29, 1.82) is 0 Å². The predicted molar refractivity (Wildman–Crippen MR) is 69.3 cm³/mol. The zero-order valence-electron chi connectivity index (χ0n) is 10.7. The van der Waals surface area contributed by atoms with Crippen molar-refractivity contribution in [2.75, 3.05) is 19.6 Å². The molecular weight excluding hydrogens is 278 g/mol. The molecule has 18 heavy (non-hydrogen) atoms. The summed E-state index contributed by atoms with van der Waals surface area (Å²) in [7, 11) is -0.369.